The molecule has 4 nitrogen and oxygen atoms in total. The summed E-state index contributed by atoms with van der Waals surface area (Å²) in [4.78, 5) is 13.0. The molecule has 0 saturated heterocycles. The van der Waals surface area contributed by atoms with Gasteiger partial charge in [0.15, 0.2) is 0 Å². The molecule has 0 atom stereocenters. The van der Waals surface area contributed by atoms with E-state index in [4.69, 9.17) is 4.74 Å². The number of nitrogens with zero attached hydrogens (tertiary/aromatic N) is 1. The predicted molar refractivity (Wildman–Crippen MR) is 52.7 cm³/mol. The molecule has 0 fully saturated rings. The van der Waals surface area contributed by atoms with Gasteiger partial charge in [0, 0.05) is 20.7 Å². The maximum atomic E-state index is 11.3. The maximum absolute atomic E-state index is 11.3. The van der Waals surface area contributed by atoms with E-state index in [1.165, 1.54) is 0 Å². The smallest absolute Gasteiger partial charge is 0.236 e. The van der Waals surface area contributed by atoms with Crippen molar-refractivity contribution in [1.82, 2.24) is 10.2 Å². The number of carbonyl (C=O) groups excluding carboxylic acids is 1. The van der Waals surface area contributed by atoms with Crippen molar-refractivity contribution in [2.75, 3.05) is 40.4 Å². The fourth-order valence-corrected chi connectivity index (χ4v) is 0.860. The molecule has 0 aromatic rings. The summed E-state index contributed by atoms with van der Waals surface area (Å²) in [6, 6.07) is 0. The normalized spacial score (nSPS) is 10.1. The third-order valence-electron chi connectivity index (χ3n) is 1.76. The first kappa shape index (κ1) is 12.4. The minimum absolute atomic E-state index is 0.116. The molecular formula is C9H20N2O2. The lowest BCUT2D eigenvalue weighted by molar-refractivity contribution is -0.129. The molecule has 1 amide bonds. The van der Waals surface area contributed by atoms with E-state index < -0.39 is 0 Å². The van der Waals surface area contributed by atoms with Crippen molar-refractivity contribution < 1.29 is 9.53 Å². The molecule has 0 aliphatic rings. The Morgan fingerprint density at radius 1 is 1.54 bits per heavy atom. The third kappa shape index (κ3) is 6.54. The number of ether oxygens (including phenoxy) is 1. The van der Waals surface area contributed by atoms with Gasteiger partial charge < -0.3 is 15.0 Å². The SMILES string of the molecule is CCCNCC(=O)N(C)CCOC. The highest BCUT2D eigenvalue weighted by Gasteiger charge is 2.06. The molecule has 0 spiro atoms. The molecular weight excluding hydrogens is 168 g/mol. The van der Waals surface area contributed by atoms with Crippen LogP contribution in [0, 0.1) is 0 Å². The zero-order chi connectivity index (χ0) is 10.1. The molecule has 0 aromatic heterocycles. The Morgan fingerprint density at radius 3 is 2.77 bits per heavy atom. The first-order valence-electron chi connectivity index (χ1n) is 4.66. The molecule has 0 aliphatic carbocycles. The minimum atomic E-state index is 0.116. The maximum Gasteiger partial charge on any atom is 0.236 e. The molecule has 0 heterocycles. The Hall–Kier alpha value is -0.610. The van der Waals surface area contributed by atoms with E-state index in [-0.39, 0.29) is 5.91 Å². The number of methoxy groups -OCH3 is 1. The summed E-state index contributed by atoms with van der Waals surface area (Å²) in [5.41, 5.74) is 0. The van der Waals surface area contributed by atoms with Gasteiger partial charge >= 0.3 is 0 Å². The lowest BCUT2D eigenvalue weighted by atomic mass is 10.4. The zero-order valence-corrected chi connectivity index (χ0v) is 8.80. The van der Waals surface area contributed by atoms with Gasteiger partial charge in [-0.1, -0.05) is 6.92 Å². The molecule has 4 heteroatoms. The Morgan fingerprint density at radius 2 is 2.23 bits per heavy atom. The van der Waals surface area contributed by atoms with Crippen LogP contribution in [0.3, 0.4) is 0 Å². The van der Waals surface area contributed by atoms with Gasteiger partial charge in [0.25, 0.3) is 0 Å². The van der Waals surface area contributed by atoms with E-state index in [1.807, 2.05) is 0 Å². The molecule has 0 aromatic carbocycles. The number of likely N-dealkylation sites (N-methyl/N-ethyl adjacent to an activating group) is 1. The number of hydrogen-bond acceptors (Lipinski definition) is 3. The highest BCUT2D eigenvalue weighted by atomic mass is 16.5. The Labute approximate surface area is 80.2 Å². The van der Waals surface area contributed by atoms with Crippen LogP contribution in [-0.4, -0.2) is 51.2 Å². The predicted octanol–water partition coefficient (Wildman–Crippen LogP) is 0.0908. The summed E-state index contributed by atoms with van der Waals surface area (Å²) in [6.07, 6.45) is 1.05. The van der Waals surface area contributed by atoms with Crippen molar-refractivity contribution in [3.8, 4) is 0 Å². The monoisotopic (exact) mass is 188 g/mol. The average molecular weight is 188 g/mol. The average Bonchev–Trinajstić information content (AvgIpc) is 2.14. The van der Waals surface area contributed by atoms with Crippen LogP contribution in [0.1, 0.15) is 13.3 Å². The van der Waals surface area contributed by atoms with E-state index in [0.717, 1.165) is 13.0 Å². The lowest BCUT2D eigenvalue weighted by Crippen LogP contribution is -2.37. The van der Waals surface area contributed by atoms with Crippen molar-refractivity contribution in [2.24, 2.45) is 0 Å². The molecule has 1 N–H and O–H groups in total. The summed E-state index contributed by atoms with van der Waals surface area (Å²) in [7, 11) is 3.42. The van der Waals surface area contributed by atoms with E-state index >= 15 is 0 Å². The molecule has 0 rings (SSSR count). The summed E-state index contributed by atoms with van der Waals surface area (Å²) >= 11 is 0. The van der Waals surface area contributed by atoms with Crippen LogP contribution in [0.4, 0.5) is 0 Å². The Kier molecular flexibility index (Phi) is 7.63. The first-order valence-corrected chi connectivity index (χ1v) is 4.66. The van der Waals surface area contributed by atoms with Gasteiger partial charge in [-0.3, -0.25) is 4.79 Å². The zero-order valence-electron chi connectivity index (χ0n) is 8.80. The van der Waals surface area contributed by atoms with Crippen LogP contribution in [0.25, 0.3) is 0 Å². The lowest BCUT2D eigenvalue weighted by Gasteiger charge is -2.16. The van der Waals surface area contributed by atoms with Gasteiger partial charge in [0.1, 0.15) is 0 Å². The first-order chi connectivity index (χ1) is 6.22. The summed E-state index contributed by atoms with van der Waals surface area (Å²) in [5.74, 6) is 0.116. The third-order valence-corrected chi connectivity index (χ3v) is 1.76. The van der Waals surface area contributed by atoms with Gasteiger partial charge in [0.05, 0.1) is 13.2 Å². The second kappa shape index (κ2) is 8.01. The van der Waals surface area contributed by atoms with Crippen molar-refractivity contribution in [1.29, 1.82) is 0 Å². The fraction of sp³-hybridized carbons (Fsp3) is 0.889. The second-order valence-electron chi connectivity index (χ2n) is 2.98. The number of carbonyl (C=O) groups is 1. The van der Waals surface area contributed by atoms with E-state index in [9.17, 15) is 4.79 Å². The summed E-state index contributed by atoms with van der Waals surface area (Å²) < 4.78 is 4.87. The van der Waals surface area contributed by atoms with Gasteiger partial charge in [-0.15, -0.1) is 0 Å². The molecule has 0 unspecified atom stereocenters. The van der Waals surface area contributed by atoms with Crippen molar-refractivity contribution >= 4 is 5.91 Å². The van der Waals surface area contributed by atoms with Crippen LogP contribution in [0.15, 0.2) is 0 Å². The van der Waals surface area contributed by atoms with E-state index in [2.05, 4.69) is 12.2 Å². The van der Waals surface area contributed by atoms with Crippen molar-refractivity contribution in [3.05, 3.63) is 0 Å². The molecule has 0 saturated carbocycles. The molecule has 0 bridgehead atoms. The van der Waals surface area contributed by atoms with E-state index in [1.54, 1.807) is 19.1 Å². The molecule has 0 radical (unpaired) electrons. The largest absolute Gasteiger partial charge is 0.383 e. The van der Waals surface area contributed by atoms with Gasteiger partial charge in [-0.25, -0.2) is 0 Å². The van der Waals surface area contributed by atoms with Gasteiger partial charge in [-0.2, -0.15) is 0 Å². The second-order valence-corrected chi connectivity index (χ2v) is 2.98. The Balaban J connectivity index is 3.45. The quantitative estimate of drug-likeness (QED) is 0.576. The van der Waals surface area contributed by atoms with Crippen LogP contribution in [0.5, 0.6) is 0 Å². The van der Waals surface area contributed by atoms with Gasteiger partial charge in [-0.05, 0) is 13.0 Å². The summed E-state index contributed by atoms with van der Waals surface area (Å²) in [5, 5.41) is 3.06. The van der Waals surface area contributed by atoms with Crippen LogP contribution in [0.2, 0.25) is 0 Å². The topological polar surface area (TPSA) is 41.6 Å². The number of nitrogens with one attached hydrogen (secondary N) is 1. The van der Waals surface area contributed by atoms with Crippen LogP contribution < -0.4 is 5.32 Å². The highest BCUT2D eigenvalue weighted by Crippen LogP contribution is 1.84. The minimum Gasteiger partial charge on any atom is -0.383 e. The van der Waals surface area contributed by atoms with Crippen molar-refractivity contribution in [2.45, 2.75) is 13.3 Å². The molecule has 13 heavy (non-hydrogen) atoms. The fourth-order valence-electron chi connectivity index (χ4n) is 0.860. The number of hydrogen-bond donors (Lipinski definition) is 1. The molecule has 78 valence electrons. The number of amides is 1. The van der Waals surface area contributed by atoms with Crippen molar-refractivity contribution in [3.63, 3.8) is 0 Å². The summed E-state index contributed by atoms with van der Waals surface area (Å²) in [6.45, 7) is 4.64. The van der Waals surface area contributed by atoms with E-state index in [0.29, 0.717) is 19.7 Å². The highest BCUT2D eigenvalue weighted by molar-refractivity contribution is 5.77. The Bertz CT molecular complexity index is 140. The van der Waals surface area contributed by atoms with Crippen LogP contribution >= 0.6 is 0 Å². The van der Waals surface area contributed by atoms with Crippen LogP contribution in [-0.2, 0) is 9.53 Å². The van der Waals surface area contributed by atoms with Gasteiger partial charge in [0.2, 0.25) is 5.91 Å². The standard InChI is InChI=1S/C9H20N2O2/c1-4-5-10-8-9(12)11(2)6-7-13-3/h10H,4-8H2,1-3H3. The number of rotatable bonds is 7. The molecule has 0 aliphatic heterocycles.